The molecule has 1 rings (SSSR count). The van der Waals surface area contributed by atoms with Gasteiger partial charge in [-0.2, -0.15) is 0 Å². The zero-order valence-electron chi connectivity index (χ0n) is 38.7. The number of aliphatic hydroxyl groups is 5. The maximum atomic E-state index is 12.8. The first-order valence-corrected chi connectivity index (χ1v) is 26.0. The summed E-state index contributed by atoms with van der Waals surface area (Å²) < 4.78 is 34.2. The predicted octanol–water partition coefficient (Wildman–Crippen LogP) is 10.4. The van der Waals surface area contributed by atoms with Gasteiger partial charge >= 0.3 is 13.8 Å². The van der Waals surface area contributed by atoms with Gasteiger partial charge in [0.2, 0.25) is 0 Å². The van der Waals surface area contributed by atoms with Gasteiger partial charge in [-0.3, -0.25) is 13.8 Å². The van der Waals surface area contributed by atoms with E-state index >= 15 is 0 Å². The zero-order chi connectivity index (χ0) is 45.5. The van der Waals surface area contributed by atoms with Crippen molar-refractivity contribution in [3.63, 3.8) is 0 Å². The summed E-state index contributed by atoms with van der Waals surface area (Å²) in [5.74, 6) is -0.491. The van der Waals surface area contributed by atoms with Crippen LogP contribution in [0, 0.1) is 0 Å². The Kier molecular flexibility index (Phi) is 37.3. The highest BCUT2D eigenvalue weighted by molar-refractivity contribution is 7.47. The van der Waals surface area contributed by atoms with E-state index in [1.165, 1.54) is 83.5 Å². The minimum Gasteiger partial charge on any atom is -0.457 e. The molecule has 13 heteroatoms. The van der Waals surface area contributed by atoms with E-state index in [0.717, 1.165) is 83.5 Å². The van der Waals surface area contributed by atoms with Crippen LogP contribution in [0.15, 0.2) is 48.6 Å². The smallest absolute Gasteiger partial charge is 0.457 e. The Morgan fingerprint density at radius 2 is 0.903 bits per heavy atom. The average Bonchev–Trinajstić information content (AvgIpc) is 3.26. The number of rotatable bonds is 41. The van der Waals surface area contributed by atoms with Crippen LogP contribution in [0.4, 0.5) is 0 Å². The summed E-state index contributed by atoms with van der Waals surface area (Å²) in [6.07, 6.45) is 36.1. The van der Waals surface area contributed by atoms with E-state index in [2.05, 4.69) is 62.5 Å². The lowest BCUT2D eigenvalue weighted by Crippen LogP contribution is -2.64. The van der Waals surface area contributed by atoms with Crippen LogP contribution in [0.2, 0.25) is 0 Å². The SMILES string of the molecule is CCCCCC/C=C\CCCCCCCC(=O)OC(COCCCCCCCCC/C=C\C/C=C\C/C=C\CCCCCCC)COP(=O)(O)OC1C(O)C(O)C(O)C(O)C1O. The molecule has 0 aromatic carbocycles. The fraction of sp³-hybridized carbons (Fsp3) is 0.816. The summed E-state index contributed by atoms with van der Waals surface area (Å²) in [7, 11) is -5.02. The van der Waals surface area contributed by atoms with E-state index < -0.39 is 63.1 Å². The van der Waals surface area contributed by atoms with Gasteiger partial charge in [-0.25, -0.2) is 4.57 Å². The number of hydrogen-bond donors (Lipinski definition) is 6. The fourth-order valence-corrected chi connectivity index (χ4v) is 8.21. The number of carbonyl (C=O) groups is 1. The van der Waals surface area contributed by atoms with Crippen LogP contribution in [-0.4, -0.2) is 98.9 Å². The Labute approximate surface area is 375 Å². The minimum absolute atomic E-state index is 0.0875. The van der Waals surface area contributed by atoms with E-state index in [0.29, 0.717) is 13.0 Å². The van der Waals surface area contributed by atoms with Gasteiger partial charge in [-0.1, -0.05) is 159 Å². The molecule has 0 amide bonds. The highest BCUT2D eigenvalue weighted by atomic mass is 31.2. The van der Waals surface area contributed by atoms with E-state index in [9.17, 15) is 39.8 Å². The molecule has 6 unspecified atom stereocenters. The number of ether oxygens (including phenoxy) is 2. The van der Waals surface area contributed by atoms with Crippen molar-refractivity contribution in [3.05, 3.63) is 48.6 Å². The quantitative estimate of drug-likeness (QED) is 0.0147. The molecule has 0 bridgehead atoms. The molecule has 0 saturated heterocycles. The topological polar surface area (TPSA) is 192 Å². The number of phosphoric acid groups is 1. The van der Waals surface area contributed by atoms with Crippen molar-refractivity contribution < 1.29 is 58.3 Å². The number of esters is 1. The highest BCUT2D eigenvalue weighted by Crippen LogP contribution is 2.47. The molecule has 6 N–H and O–H groups in total. The lowest BCUT2D eigenvalue weighted by Gasteiger charge is -2.41. The Bertz CT molecular complexity index is 1210. The Hall–Kier alpha value is -1.70. The summed E-state index contributed by atoms with van der Waals surface area (Å²) in [6.45, 7) is 4.20. The molecule has 1 aliphatic rings. The number of aliphatic hydroxyl groups excluding tert-OH is 5. The number of phosphoric ester groups is 1. The number of hydrogen-bond acceptors (Lipinski definition) is 11. The van der Waals surface area contributed by atoms with Crippen LogP contribution < -0.4 is 0 Å². The molecule has 0 aromatic rings. The third-order valence-electron chi connectivity index (χ3n) is 11.2. The predicted molar refractivity (Wildman–Crippen MR) is 249 cm³/mol. The first-order chi connectivity index (χ1) is 30.0. The van der Waals surface area contributed by atoms with Crippen LogP contribution in [0.5, 0.6) is 0 Å². The highest BCUT2D eigenvalue weighted by Gasteiger charge is 2.51. The molecule has 0 aromatic heterocycles. The monoisotopic (exact) mass is 901 g/mol. The van der Waals surface area contributed by atoms with Crippen LogP contribution >= 0.6 is 7.82 Å². The molecule has 0 spiro atoms. The molecule has 362 valence electrons. The van der Waals surface area contributed by atoms with Crippen LogP contribution in [-0.2, 0) is 27.9 Å². The van der Waals surface area contributed by atoms with Gasteiger partial charge in [0.25, 0.3) is 0 Å². The molecule has 62 heavy (non-hydrogen) atoms. The van der Waals surface area contributed by atoms with Crippen LogP contribution in [0.3, 0.4) is 0 Å². The summed E-state index contributed by atoms with van der Waals surface area (Å²) in [5, 5.41) is 50.2. The maximum absolute atomic E-state index is 12.8. The summed E-state index contributed by atoms with van der Waals surface area (Å²) in [4.78, 5) is 23.2. The van der Waals surface area contributed by atoms with Crippen molar-refractivity contribution in [2.24, 2.45) is 0 Å². The number of carbonyl (C=O) groups excluding carboxylic acids is 1. The Morgan fingerprint density at radius 3 is 1.40 bits per heavy atom. The van der Waals surface area contributed by atoms with Gasteiger partial charge in [0, 0.05) is 13.0 Å². The minimum atomic E-state index is -5.02. The van der Waals surface area contributed by atoms with E-state index in [1.807, 2.05) is 0 Å². The first kappa shape index (κ1) is 58.3. The van der Waals surface area contributed by atoms with Crippen LogP contribution in [0.25, 0.3) is 0 Å². The fourth-order valence-electron chi connectivity index (χ4n) is 7.24. The van der Waals surface area contributed by atoms with Crippen molar-refractivity contribution in [3.8, 4) is 0 Å². The van der Waals surface area contributed by atoms with Gasteiger partial charge in [-0.15, -0.1) is 0 Å². The van der Waals surface area contributed by atoms with Gasteiger partial charge in [0.15, 0.2) is 0 Å². The van der Waals surface area contributed by atoms with Crippen molar-refractivity contribution in [2.45, 2.75) is 236 Å². The molecule has 12 nitrogen and oxygen atoms in total. The summed E-state index contributed by atoms with van der Waals surface area (Å²) >= 11 is 0. The van der Waals surface area contributed by atoms with Crippen molar-refractivity contribution in [2.75, 3.05) is 19.8 Å². The second-order valence-electron chi connectivity index (χ2n) is 17.0. The molecule has 0 radical (unpaired) electrons. The zero-order valence-corrected chi connectivity index (χ0v) is 39.6. The van der Waals surface area contributed by atoms with Crippen LogP contribution in [0.1, 0.15) is 194 Å². The van der Waals surface area contributed by atoms with Crippen molar-refractivity contribution in [1.82, 2.24) is 0 Å². The second-order valence-corrected chi connectivity index (χ2v) is 18.4. The van der Waals surface area contributed by atoms with Crippen molar-refractivity contribution >= 4 is 13.8 Å². The molecule has 1 saturated carbocycles. The molecule has 0 heterocycles. The standard InChI is InChI=1S/C49H89O12P/c1-3-5-7-9-11-13-15-17-18-19-20-21-22-23-24-25-27-29-31-33-35-37-39-58-40-42(41-59-62(56,57)61-49-47(54)45(52)44(51)46(53)48(49)55)60-43(50)38-36-34-32-30-28-26-16-14-12-10-8-6-4-2/h14-17,19-20,22-23,42,44-49,51-55H,3-13,18,21,24-41H2,1-2H3,(H,56,57)/b16-14-,17-15-,20-19-,23-22-. The molecular formula is C49H89O12P. The van der Waals surface area contributed by atoms with Gasteiger partial charge in [0.1, 0.15) is 42.7 Å². The molecule has 0 aliphatic heterocycles. The van der Waals surface area contributed by atoms with Gasteiger partial charge in [0.05, 0.1) is 13.2 Å². The first-order valence-electron chi connectivity index (χ1n) is 24.5. The number of allylic oxidation sites excluding steroid dienone is 8. The largest absolute Gasteiger partial charge is 0.472 e. The normalized spacial score (nSPS) is 22.4. The van der Waals surface area contributed by atoms with E-state index in [-0.39, 0.29) is 13.0 Å². The van der Waals surface area contributed by atoms with Crippen molar-refractivity contribution in [1.29, 1.82) is 0 Å². The molecule has 1 fully saturated rings. The third-order valence-corrected chi connectivity index (χ3v) is 12.2. The lowest BCUT2D eigenvalue weighted by molar-refractivity contribution is -0.220. The third kappa shape index (κ3) is 31.2. The van der Waals surface area contributed by atoms with E-state index in [4.69, 9.17) is 18.5 Å². The van der Waals surface area contributed by atoms with Gasteiger partial charge < -0.3 is 39.9 Å². The average molecular weight is 901 g/mol. The lowest BCUT2D eigenvalue weighted by atomic mass is 9.85. The Morgan fingerprint density at radius 1 is 0.516 bits per heavy atom. The van der Waals surface area contributed by atoms with Gasteiger partial charge in [-0.05, 0) is 77.0 Å². The maximum Gasteiger partial charge on any atom is 0.472 e. The molecular weight excluding hydrogens is 812 g/mol. The molecule has 1 aliphatic carbocycles. The molecule has 6 atom stereocenters. The summed E-state index contributed by atoms with van der Waals surface area (Å²) in [6, 6.07) is 0. The summed E-state index contributed by atoms with van der Waals surface area (Å²) in [5.41, 5.74) is 0. The Balaban J connectivity index is 2.36. The van der Waals surface area contributed by atoms with E-state index in [1.54, 1.807) is 0 Å². The second kappa shape index (κ2) is 39.6. The number of unbranched alkanes of at least 4 members (excludes halogenated alkanes) is 21.